The second-order valence-electron chi connectivity index (χ2n) is 6.47. The monoisotopic (exact) mass is 365 g/mol. The summed E-state index contributed by atoms with van der Waals surface area (Å²) in [4.78, 5) is 0. The molecule has 3 aromatic rings. The lowest BCUT2D eigenvalue weighted by molar-refractivity contribution is 0.354. The van der Waals surface area contributed by atoms with Crippen LogP contribution in [-0.2, 0) is 0 Å². The first kappa shape index (κ1) is 17.3. The number of aromatic amines is 1. The lowest BCUT2D eigenvalue weighted by Gasteiger charge is -2.15. The number of aromatic nitrogens is 2. The van der Waals surface area contributed by atoms with Gasteiger partial charge < -0.3 is 19.5 Å². The number of fused-ring (bicyclic) bond motifs is 3. The van der Waals surface area contributed by atoms with Gasteiger partial charge in [-0.2, -0.15) is 5.10 Å². The Hall–Kier alpha value is -3.15. The summed E-state index contributed by atoms with van der Waals surface area (Å²) in [6.45, 7) is 2.18. The molecule has 0 saturated carbocycles. The molecule has 1 aliphatic carbocycles. The van der Waals surface area contributed by atoms with Crippen molar-refractivity contribution in [1.82, 2.24) is 10.2 Å². The molecule has 1 aromatic heterocycles. The molecule has 0 aliphatic heterocycles. The van der Waals surface area contributed by atoms with Gasteiger partial charge in [0.25, 0.3) is 0 Å². The van der Waals surface area contributed by atoms with Crippen LogP contribution in [0.3, 0.4) is 0 Å². The minimum absolute atomic E-state index is 0.238. The van der Waals surface area contributed by atoms with Crippen LogP contribution in [0.1, 0.15) is 30.4 Å². The van der Waals surface area contributed by atoms with Crippen molar-refractivity contribution in [2.75, 3.05) is 26.6 Å². The van der Waals surface area contributed by atoms with E-state index in [1.165, 1.54) is 11.1 Å². The molecule has 0 spiro atoms. The van der Waals surface area contributed by atoms with Gasteiger partial charge in [-0.05, 0) is 36.2 Å². The number of hydrogen-bond donors (Lipinski definition) is 2. The molecule has 2 aromatic carbocycles. The Balaban J connectivity index is 1.77. The fraction of sp³-hybridized carbons (Fsp3) is 0.286. The summed E-state index contributed by atoms with van der Waals surface area (Å²) in [5.74, 6) is 3.34. The van der Waals surface area contributed by atoms with E-state index >= 15 is 0 Å². The Morgan fingerprint density at radius 3 is 2.52 bits per heavy atom. The predicted octanol–water partition coefficient (Wildman–Crippen LogP) is 4.70. The number of rotatable bonds is 6. The molecule has 1 atom stereocenters. The molecule has 1 unspecified atom stereocenters. The SMILES string of the molecule is CCC1c2cc(OC)c(OC)cc2-c2[nH]nc(Nc3cccc(OC)c3)c21. The maximum absolute atomic E-state index is 5.50. The largest absolute Gasteiger partial charge is 0.497 e. The van der Waals surface area contributed by atoms with E-state index in [4.69, 9.17) is 14.2 Å². The first-order valence-electron chi connectivity index (χ1n) is 8.95. The minimum Gasteiger partial charge on any atom is -0.497 e. The Morgan fingerprint density at radius 2 is 1.81 bits per heavy atom. The summed E-state index contributed by atoms with van der Waals surface area (Å²) in [6.07, 6.45) is 0.960. The average molecular weight is 365 g/mol. The van der Waals surface area contributed by atoms with Crippen LogP contribution in [-0.4, -0.2) is 31.5 Å². The molecule has 27 heavy (non-hydrogen) atoms. The predicted molar refractivity (Wildman–Crippen MR) is 106 cm³/mol. The van der Waals surface area contributed by atoms with Crippen molar-refractivity contribution < 1.29 is 14.2 Å². The summed E-state index contributed by atoms with van der Waals surface area (Å²) >= 11 is 0. The molecular formula is C21H23N3O3. The third kappa shape index (κ3) is 2.77. The van der Waals surface area contributed by atoms with Crippen molar-refractivity contribution in [3.05, 3.63) is 47.5 Å². The highest BCUT2D eigenvalue weighted by Gasteiger charge is 2.34. The highest BCUT2D eigenvalue weighted by molar-refractivity contribution is 5.83. The second kappa shape index (κ2) is 6.87. The summed E-state index contributed by atoms with van der Waals surface area (Å²) in [5.41, 5.74) is 5.48. The van der Waals surface area contributed by atoms with E-state index < -0.39 is 0 Å². The van der Waals surface area contributed by atoms with Crippen LogP contribution in [0.5, 0.6) is 17.2 Å². The fourth-order valence-electron chi connectivity index (χ4n) is 3.81. The van der Waals surface area contributed by atoms with Gasteiger partial charge in [-0.25, -0.2) is 0 Å². The Bertz CT molecular complexity index is 981. The van der Waals surface area contributed by atoms with E-state index in [2.05, 4.69) is 28.5 Å². The highest BCUT2D eigenvalue weighted by Crippen LogP contribution is 2.51. The highest BCUT2D eigenvalue weighted by atomic mass is 16.5. The topological polar surface area (TPSA) is 68.4 Å². The lowest BCUT2D eigenvalue weighted by atomic mass is 9.94. The van der Waals surface area contributed by atoms with E-state index in [9.17, 15) is 0 Å². The van der Waals surface area contributed by atoms with Crippen LogP contribution in [0, 0.1) is 0 Å². The molecule has 1 aliphatic rings. The van der Waals surface area contributed by atoms with Gasteiger partial charge in [0.05, 0.1) is 27.0 Å². The van der Waals surface area contributed by atoms with Crippen molar-refractivity contribution in [3.63, 3.8) is 0 Å². The van der Waals surface area contributed by atoms with E-state index in [-0.39, 0.29) is 5.92 Å². The summed E-state index contributed by atoms with van der Waals surface area (Å²) in [5, 5.41) is 11.2. The molecule has 4 rings (SSSR count). The number of nitrogens with zero attached hydrogens (tertiary/aromatic N) is 1. The van der Waals surface area contributed by atoms with Gasteiger partial charge in [-0.1, -0.05) is 13.0 Å². The molecule has 140 valence electrons. The molecule has 0 radical (unpaired) electrons. The zero-order valence-electron chi connectivity index (χ0n) is 15.9. The quantitative estimate of drug-likeness (QED) is 0.663. The van der Waals surface area contributed by atoms with Gasteiger partial charge in [0.15, 0.2) is 17.3 Å². The second-order valence-corrected chi connectivity index (χ2v) is 6.47. The Kier molecular flexibility index (Phi) is 4.39. The van der Waals surface area contributed by atoms with Crippen LogP contribution in [0.4, 0.5) is 11.5 Å². The third-order valence-electron chi connectivity index (χ3n) is 5.09. The van der Waals surface area contributed by atoms with E-state index in [1.807, 2.05) is 30.3 Å². The third-order valence-corrected chi connectivity index (χ3v) is 5.09. The first-order valence-corrected chi connectivity index (χ1v) is 8.95. The normalized spacial score (nSPS) is 14.4. The molecule has 6 nitrogen and oxygen atoms in total. The number of ether oxygens (including phenoxy) is 3. The summed E-state index contributed by atoms with van der Waals surface area (Å²) in [7, 11) is 4.98. The molecular weight excluding hydrogens is 342 g/mol. The molecule has 0 saturated heterocycles. The van der Waals surface area contributed by atoms with Crippen molar-refractivity contribution in [2.24, 2.45) is 0 Å². The number of methoxy groups -OCH3 is 3. The minimum atomic E-state index is 0.238. The number of H-pyrrole nitrogens is 1. The van der Waals surface area contributed by atoms with E-state index in [1.54, 1.807) is 21.3 Å². The van der Waals surface area contributed by atoms with Crippen LogP contribution in [0.15, 0.2) is 36.4 Å². The summed E-state index contributed by atoms with van der Waals surface area (Å²) < 4.78 is 16.3. The number of benzene rings is 2. The van der Waals surface area contributed by atoms with Crippen molar-refractivity contribution >= 4 is 11.5 Å². The van der Waals surface area contributed by atoms with Crippen molar-refractivity contribution in [3.8, 4) is 28.5 Å². The van der Waals surface area contributed by atoms with Gasteiger partial charge in [0, 0.05) is 28.8 Å². The van der Waals surface area contributed by atoms with Crippen LogP contribution < -0.4 is 19.5 Å². The number of nitrogens with one attached hydrogen (secondary N) is 2. The summed E-state index contributed by atoms with van der Waals surface area (Å²) in [6, 6.07) is 11.9. The van der Waals surface area contributed by atoms with Gasteiger partial charge in [-0.15, -0.1) is 0 Å². The van der Waals surface area contributed by atoms with E-state index in [0.717, 1.165) is 46.4 Å². The smallest absolute Gasteiger partial charge is 0.161 e. The van der Waals surface area contributed by atoms with Crippen molar-refractivity contribution in [2.45, 2.75) is 19.3 Å². The standard InChI is InChI=1S/C21H23N3O3/c1-5-14-15-10-17(26-3)18(27-4)11-16(15)20-19(14)21(24-23-20)22-12-7-6-8-13(9-12)25-2/h6-11,14H,5H2,1-4H3,(H2,22,23,24). The zero-order valence-corrected chi connectivity index (χ0v) is 15.9. The molecule has 1 heterocycles. The number of hydrogen-bond acceptors (Lipinski definition) is 5. The first-order chi connectivity index (χ1) is 13.2. The van der Waals surface area contributed by atoms with E-state index in [0.29, 0.717) is 0 Å². The van der Waals surface area contributed by atoms with Gasteiger partial charge in [0.1, 0.15) is 5.75 Å². The van der Waals surface area contributed by atoms with Crippen LogP contribution in [0.25, 0.3) is 11.3 Å². The average Bonchev–Trinajstić information content (AvgIpc) is 3.24. The maximum atomic E-state index is 5.50. The Morgan fingerprint density at radius 1 is 1.04 bits per heavy atom. The number of anilines is 2. The van der Waals surface area contributed by atoms with Crippen LogP contribution in [0.2, 0.25) is 0 Å². The van der Waals surface area contributed by atoms with Crippen LogP contribution >= 0.6 is 0 Å². The molecule has 2 N–H and O–H groups in total. The molecule has 0 amide bonds. The maximum Gasteiger partial charge on any atom is 0.161 e. The molecule has 6 heteroatoms. The fourth-order valence-corrected chi connectivity index (χ4v) is 3.81. The van der Waals surface area contributed by atoms with Gasteiger partial charge >= 0.3 is 0 Å². The van der Waals surface area contributed by atoms with Gasteiger partial charge in [0.2, 0.25) is 0 Å². The van der Waals surface area contributed by atoms with Gasteiger partial charge in [-0.3, -0.25) is 5.10 Å². The lowest BCUT2D eigenvalue weighted by Crippen LogP contribution is -2.01. The van der Waals surface area contributed by atoms with Crippen molar-refractivity contribution in [1.29, 1.82) is 0 Å². The molecule has 0 bridgehead atoms. The molecule has 0 fully saturated rings. The Labute approximate surface area is 158 Å². The zero-order chi connectivity index (χ0) is 19.0.